The number of carbonyl (C=O) groups excluding carboxylic acids is 1. The largest absolute Gasteiger partial charge is 0.368 e. The second kappa shape index (κ2) is 6.37. The molecule has 1 fully saturated rings. The smallest absolute Gasteiger partial charge is 0.152 e. The molecule has 2 nitrogen and oxygen atoms in total. The molecule has 0 saturated carbocycles. The highest BCUT2D eigenvalue weighted by Crippen LogP contribution is 2.29. The van der Waals surface area contributed by atoms with Crippen LogP contribution in [0.1, 0.15) is 49.4 Å². The van der Waals surface area contributed by atoms with Crippen molar-refractivity contribution in [1.29, 1.82) is 0 Å². The zero-order valence-corrected chi connectivity index (χ0v) is 12.4. The lowest BCUT2D eigenvalue weighted by molar-refractivity contribution is 0.112. The molecular weight excluding hydrogens is 290 g/mol. The minimum atomic E-state index is 0.576. The first-order valence-electron chi connectivity index (χ1n) is 6.77. The third-order valence-corrected chi connectivity index (χ3v) is 4.27. The van der Waals surface area contributed by atoms with E-state index < -0.39 is 0 Å². The Morgan fingerprint density at radius 2 is 2.22 bits per heavy atom. The van der Waals surface area contributed by atoms with Gasteiger partial charge in [0.1, 0.15) is 0 Å². The van der Waals surface area contributed by atoms with E-state index in [4.69, 9.17) is 0 Å². The fraction of sp³-hybridized carbons (Fsp3) is 0.533. The second-order valence-electron chi connectivity index (χ2n) is 4.93. The number of nitrogens with zero attached hydrogens (tertiary/aromatic N) is 1. The monoisotopic (exact) mass is 309 g/mol. The van der Waals surface area contributed by atoms with Gasteiger partial charge in [-0.25, -0.2) is 0 Å². The molecule has 0 radical (unpaired) electrons. The fourth-order valence-electron chi connectivity index (χ4n) is 2.80. The van der Waals surface area contributed by atoms with Crippen LogP contribution in [-0.4, -0.2) is 18.9 Å². The number of carbonyl (C=O) groups is 1. The number of benzene rings is 1. The lowest BCUT2D eigenvalue weighted by Gasteiger charge is -2.32. The van der Waals surface area contributed by atoms with Crippen molar-refractivity contribution in [3.05, 3.63) is 28.2 Å². The van der Waals surface area contributed by atoms with E-state index in [-0.39, 0.29) is 0 Å². The van der Waals surface area contributed by atoms with Gasteiger partial charge in [0, 0.05) is 28.3 Å². The van der Waals surface area contributed by atoms with Crippen LogP contribution in [-0.2, 0) is 0 Å². The molecule has 1 aliphatic rings. The van der Waals surface area contributed by atoms with Gasteiger partial charge in [-0.05, 0) is 37.5 Å². The van der Waals surface area contributed by atoms with Crippen LogP contribution in [0, 0.1) is 0 Å². The molecule has 18 heavy (non-hydrogen) atoms. The average Bonchev–Trinajstić information content (AvgIpc) is 2.63. The van der Waals surface area contributed by atoms with Crippen molar-refractivity contribution in [2.75, 3.05) is 11.4 Å². The Bertz CT molecular complexity index is 419. The summed E-state index contributed by atoms with van der Waals surface area (Å²) in [5, 5.41) is 0. The Balaban J connectivity index is 2.35. The number of anilines is 1. The third-order valence-electron chi connectivity index (χ3n) is 3.77. The highest BCUT2D eigenvalue weighted by Gasteiger charge is 2.21. The molecule has 0 bridgehead atoms. The highest BCUT2D eigenvalue weighted by molar-refractivity contribution is 9.10. The summed E-state index contributed by atoms with van der Waals surface area (Å²) >= 11 is 3.43. The zero-order chi connectivity index (χ0) is 13.0. The molecule has 3 heteroatoms. The normalized spacial score (nSPS) is 20.6. The van der Waals surface area contributed by atoms with E-state index in [1.54, 1.807) is 0 Å². The molecule has 2 rings (SSSR count). The molecule has 1 aliphatic heterocycles. The number of halogens is 1. The molecule has 1 aromatic rings. The van der Waals surface area contributed by atoms with Crippen molar-refractivity contribution in [3.8, 4) is 0 Å². The summed E-state index contributed by atoms with van der Waals surface area (Å²) in [6, 6.07) is 6.59. The van der Waals surface area contributed by atoms with Crippen molar-refractivity contribution in [1.82, 2.24) is 0 Å². The van der Waals surface area contributed by atoms with Gasteiger partial charge in [0.2, 0.25) is 0 Å². The predicted octanol–water partition coefficient (Wildman–Crippen LogP) is 4.42. The third kappa shape index (κ3) is 2.94. The summed E-state index contributed by atoms with van der Waals surface area (Å²) in [6.45, 7) is 3.31. The van der Waals surface area contributed by atoms with Gasteiger partial charge >= 0.3 is 0 Å². The maximum atomic E-state index is 11.3. The molecule has 98 valence electrons. The van der Waals surface area contributed by atoms with Crippen LogP contribution in [0.15, 0.2) is 22.7 Å². The minimum Gasteiger partial charge on any atom is -0.368 e. The van der Waals surface area contributed by atoms with E-state index >= 15 is 0 Å². The van der Waals surface area contributed by atoms with Crippen LogP contribution in [0.25, 0.3) is 0 Å². The van der Waals surface area contributed by atoms with E-state index in [1.165, 1.54) is 25.7 Å². The summed E-state index contributed by atoms with van der Waals surface area (Å²) in [6.07, 6.45) is 7.20. The predicted molar refractivity (Wildman–Crippen MR) is 79.4 cm³/mol. The lowest BCUT2D eigenvalue weighted by atomic mass is 10.1. The maximum absolute atomic E-state index is 11.3. The number of hydrogen-bond acceptors (Lipinski definition) is 2. The van der Waals surface area contributed by atoms with Gasteiger partial charge in [-0.15, -0.1) is 0 Å². The van der Waals surface area contributed by atoms with Gasteiger partial charge in [-0.1, -0.05) is 35.7 Å². The van der Waals surface area contributed by atoms with Gasteiger partial charge in [-0.3, -0.25) is 4.79 Å². The van der Waals surface area contributed by atoms with E-state index in [1.807, 2.05) is 12.1 Å². The summed E-state index contributed by atoms with van der Waals surface area (Å²) in [5.41, 5.74) is 1.90. The SMILES string of the molecule is CCC1CCCCCN1c1ccc(Br)cc1C=O. The van der Waals surface area contributed by atoms with Gasteiger partial charge in [-0.2, -0.15) is 0 Å². The van der Waals surface area contributed by atoms with Gasteiger partial charge < -0.3 is 4.90 Å². The van der Waals surface area contributed by atoms with Gasteiger partial charge in [0.25, 0.3) is 0 Å². The first-order chi connectivity index (χ1) is 8.76. The zero-order valence-electron chi connectivity index (χ0n) is 10.9. The Labute approximate surface area is 117 Å². The van der Waals surface area contributed by atoms with Crippen LogP contribution < -0.4 is 4.90 Å². The quantitative estimate of drug-likeness (QED) is 0.770. The summed E-state index contributed by atoms with van der Waals surface area (Å²) < 4.78 is 0.969. The van der Waals surface area contributed by atoms with Crippen molar-refractivity contribution < 1.29 is 4.79 Å². The Hall–Kier alpha value is -0.830. The number of hydrogen-bond donors (Lipinski definition) is 0. The lowest BCUT2D eigenvalue weighted by Crippen LogP contribution is -2.35. The topological polar surface area (TPSA) is 20.3 Å². The molecule has 0 spiro atoms. The summed E-state index contributed by atoms with van der Waals surface area (Å²) in [7, 11) is 0. The second-order valence-corrected chi connectivity index (χ2v) is 5.84. The molecule has 0 aliphatic carbocycles. The summed E-state index contributed by atoms with van der Waals surface area (Å²) in [4.78, 5) is 13.7. The molecule has 0 aromatic heterocycles. The van der Waals surface area contributed by atoms with Crippen LogP contribution in [0.5, 0.6) is 0 Å². The first-order valence-corrected chi connectivity index (χ1v) is 7.57. The molecule has 1 aromatic carbocycles. The van der Waals surface area contributed by atoms with Gasteiger partial charge in [0.05, 0.1) is 0 Å². The molecule has 0 N–H and O–H groups in total. The molecule has 1 saturated heterocycles. The van der Waals surface area contributed by atoms with Crippen molar-refractivity contribution in [2.24, 2.45) is 0 Å². The summed E-state index contributed by atoms with van der Waals surface area (Å²) in [5.74, 6) is 0. The van der Waals surface area contributed by atoms with E-state index in [2.05, 4.69) is 33.8 Å². The Kier molecular flexibility index (Phi) is 4.81. The van der Waals surface area contributed by atoms with Crippen LogP contribution in [0.3, 0.4) is 0 Å². The van der Waals surface area contributed by atoms with Crippen molar-refractivity contribution in [2.45, 2.75) is 45.1 Å². The van der Waals surface area contributed by atoms with E-state index in [9.17, 15) is 4.79 Å². The highest BCUT2D eigenvalue weighted by atomic mass is 79.9. The van der Waals surface area contributed by atoms with Crippen LogP contribution in [0.2, 0.25) is 0 Å². The number of rotatable bonds is 3. The standard InChI is InChI=1S/C15H20BrNO/c1-2-14-6-4-3-5-9-17(14)15-8-7-13(16)10-12(15)11-18/h7-8,10-11,14H,2-6,9H2,1H3. The molecular formula is C15H20BrNO. The van der Waals surface area contributed by atoms with E-state index in [0.29, 0.717) is 6.04 Å². The molecule has 1 unspecified atom stereocenters. The molecule has 1 heterocycles. The number of aldehydes is 1. The minimum absolute atomic E-state index is 0.576. The Morgan fingerprint density at radius 3 is 2.94 bits per heavy atom. The van der Waals surface area contributed by atoms with Gasteiger partial charge in [0.15, 0.2) is 6.29 Å². The first kappa shape index (κ1) is 13.6. The molecule has 1 atom stereocenters. The van der Waals surface area contributed by atoms with Crippen LogP contribution >= 0.6 is 15.9 Å². The fourth-order valence-corrected chi connectivity index (χ4v) is 3.18. The van der Waals surface area contributed by atoms with E-state index in [0.717, 1.165) is 35.0 Å². The Morgan fingerprint density at radius 1 is 1.39 bits per heavy atom. The van der Waals surface area contributed by atoms with Crippen molar-refractivity contribution >= 4 is 27.9 Å². The average molecular weight is 310 g/mol. The van der Waals surface area contributed by atoms with Crippen LogP contribution in [0.4, 0.5) is 5.69 Å². The van der Waals surface area contributed by atoms with Crippen molar-refractivity contribution in [3.63, 3.8) is 0 Å². The maximum Gasteiger partial charge on any atom is 0.152 e. The molecule has 0 amide bonds.